The Balaban J connectivity index is 1.53. The van der Waals surface area contributed by atoms with E-state index in [-0.39, 0.29) is 27.9 Å². The highest BCUT2D eigenvalue weighted by atomic mass is 35.5. The molecular formula is C31H27ClF3N5O3. The summed E-state index contributed by atoms with van der Waals surface area (Å²) in [5.41, 5.74) is 1.20. The highest BCUT2D eigenvalue weighted by Crippen LogP contribution is 2.33. The zero-order valence-electron chi connectivity index (χ0n) is 23.1. The minimum Gasteiger partial charge on any atom is -0.494 e. The summed E-state index contributed by atoms with van der Waals surface area (Å²) in [5.74, 6) is 5.52. The topological polar surface area (TPSA) is 97.6 Å². The molecule has 0 radical (unpaired) electrons. The van der Waals surface area contributed by atoms with Crippen molar-refractivity contribution in [3.8, 4) is 17.6 Å². The van der Waals surface area contributed by atoms with Crippen LogP contribution in [0.1, 0.15) is 75.3 Å². The summed E-state index contributed by atoms with van der Waals surface area (Å²) in [4.78, 5) is 30.3. The van der Waals surface area contributed by atoms with E-state index in [0.717, 1.165) is 44.2 Å². The second-order valence-corrected chi connectivity index (χ2v) is 10.5. The maximum atomic E-state index is 13.4. The number of carbonyl (C=O) groups is 2. The molecule has 0 unspecified atom stereocenters. The van der Waals surface area contributed by atoms with Crippen LogP contribution in [0.3, 0.4) is 0 Å². The van der Waals surface area contributed by atoms with Crippen molar-refractivity contribution >= 4 is 34.7 Å². The monoisotopic (exact) mass is 609 g/mol. The van der Waals surface area contributed by atoms with E-state index in [1.807, 2.05) is 0 Å². The number of nitrogens with zero attached hydrogens (tertiary/aromatic N) is 3. The lowest BCUT2D eigenvalue weighted by Gasteiger charge is -2.14. The molecule has 4 aromatic rings. The van der Waals surface area contributed by atoms with E-state index in [2.05, 4.69) is 32.6 Å². The van der Waals surface area contributed by atoms with Crippen LogP contribution >= 0.6 is 11.6 Å². The molecule has 0 fully saturated rings. The molecule has 0 spiro atoms. The smallest absolute Gasteiger partial charge is 0.416 e. The Morgan fingerprint density at radius 3 is 2.67 bits per heavy atom. The fraction of sp³-hybridized carbons (Fsp3) is 0.290. The Hall–Kier alpha value is -4.56. The standard InChI is InChI=1S/C31H27ClF3N5O3/c1-19-20-7-8-24-18-37-28-10-9-27(39-40(24)28)30(42)36-11-5-3-2-4-6-12-43-25(13-20)17-26(19)29(41)38-23-15-21(31(33,34)35)14-22(32)16-23/h9-10,13-18H,2-6,11-12H2,1H3,(H,36,42)(H,38,41). The maximum Gasteiger partial charge on any atom is 0.416 e. The summed E-state index contributed by atoms with van der Waals surface area (Å²) >= 11 is 5.91. The largest absolute Gasteiger partial charge is 0.494 e. The normalized spacial score (nSPS) is 14.5. The van der Waals surface area contributed by atoms with Gasteiger partial charge >= 0.3 is 6.18 Å². The third kappa shape index (κ3) is 7.27. The molecule has 2 aromatic carbocycles. The number of hydrogen-bond donors (Lipinski definition) is 2. The Bertz CT molecular complexity index is 1760. The van der Waals surface area contributed by atoms with Crippen LogP contribution in [0.5, 0.6) is 5.75 Å². The molecule has 0 saturated carbocycles. The van der Waals surface area contributed by atoms with E-state index in [1.165, 1.54) is 16.8 Å². The van der Waals surface area contributed by atoms with Crippen LogP contribution in [0.15, 0.2) is 48.7 Å². The lowest BCUT2D eigenvalue weighted by atomic mass is 10.0. The predicted octanol–water partition coefficient (Wildman–Crippen LogP) is 6.43. The number of rotatable bonds is 2. The van der Waals surface area contributed by atoms with E-state index in [9.17, 15) is 22.8 Å². The van der Waals surface area contributed by atoms with Gasteiger partial charge in [-0.1, -0.05) is 36.8 Å². The van der Waals surface area contributed by atoms with Crippen molar-refractivity contribution in [2.45, 2.75) is 45.2 Å². The summed E-state index contributed by atoms with van der Waals surface area (Å²) in [6.07, 6.45) is 1.30. The van der Waals surface area contributed by atoms with Gasteiger partial charge in [-0.05, 0) is 73.7 Å². The van der Waals surface area contributed by atoms with Gasteiger partial charge in [0.25, 0.3) is 11.8 Å². The molecule has 4 bridgehead atoms. The van der Waals surface area contributed by atoms with E-state index >= 15 is 0 Å². The van der Waals surface area contributed by atoms with E-state index in [0.29, 0.717) is 41.4 Å². The van der Waals surface area contributed by atoms with E-state index < -0.39 is 17.6 Å². The predicted molar refractivity (Wildman–Crippen MR) is 155 cm³/mol. The van der Waals surface area contributed by atoms with Gasteiger partial charge in [-0.2, -0.15) is 18.3 Å². The molecule has 12 heteroatoms. The number of alkyl halides is 3. The number of carbonyl (C=O) groups excluding carboxylic acids is 2. The van der Waals surface area contributed by atoms with Gasteiger partial charge in [0, 0.05) is 28.4 Å². The first kappa shape index (κ1) is 29.9. The molecule has 2 amide bonds. The van der Waals surface area contributed by atoms with Crippen molar-refractivity contribution in [2.24, 2.45) is 0 Å². The molecule has 0 aliphatic carbocycles. The van der Waals surface area contributed by atoms with Crippen LogP contribution in [0.25, 0.3) is 5.65 Å². The maximum absolute atomic E-state index is 13.4. The van der Waals surface area contributed by atoms with Gasteiger partial charge in [-0.25, -0.2) is 9.50 Å². The molecule has 1 aliphatic rings. The summed E-state index contributed by atoms with van der Waals surface area (Å²) in [7, 11) is 0. The molecule has 43 heavy (non-hydrogen) atoms. The van der Waals surface area contributed by atoms with Crippen LogP contribution in [-0.4, -0.2) is 39.6 Å². The van der Waals surface area contributed by atoms with Gasteiger partial charge in [0.05, 0.1) is 18.4 Å². The number of amides is 2. The Morgan fingerprint density at radius 1 is 1.07 bits per heavy atom. The molecule has 0 atom stereocenters. The SMILES string of the molecule is Cc1c2cc(cc1C(=O)Nc1cc(Cl)cc(C(F)(F)F)c1)OCCCCCCCNC(=O)c1ccc3ncc(n3n1)C#C2. The molecule has 1 aliphatic heterocycles. The molecule has 0 saturated heterocycles. The number of imidazole rings is 1. The second-order valence-electron chi connectivity index (χ2n) is 10.1. The van der Waals surface area contributed by atoms with E-state index in [1.54, 1.807) is 31.2 Å². The Kier molecular flexibility index (Phi) is 8.87. The number of aromatic nitrogens is 3. The first-order valence-electron chi connectivity index (χ1n) is 13.7. The molecule has 8 nitrogen and oxygen atoms in total. The summed E-state index contributed by atoms with van der Waals surface area (Å²) in [6.45, 7) is 2.62. The molecule has 222 valence electrons. The third-order valence-corrected chi connectivity index (χ3v) is 7.12. The quantitative estimate of drug-likeness (QED) is 0.255. The summed E-state index contributed by atoms with van der Waals surface area (Å²) in [5, 5.41) is 9.67. The summed E-state index contributed by atoms with van der Waals surface area (Å²) < 4.78 is 47.4. The van der Waals surface area contributed by atoms with Gasteiger partial charge in [0.2, 0.25) is 0 Å². The van der Waals surface area contributed by atoms with Crippen molar-refractivity contribution < 1.29 is 27.5 Å². The minimum absolute atomic E-state index is 0.0998. The Labute approximate surface area is 250 Å². The first-order valence-corrected chi connectivity index (χ1v) is 14.1. The number of anilines is 1. The lowest BCUT2D eigenvalue weighted by Crippen LogP contribution is -2.26. The van der Waals surface area contributed by atoms with Crippen molar-refractivity contribution in [1.82, 2.24) is 19.9 Å². The highest BCUT2D eigenvalue weighted by molar-refractivity contribution is 6.31. The molecule has 2 N–H and O–H groups in total. The van der Waals surface area contributed by atoms with Gasteiger partial charge in [-0.15, -0.1) is 0 Å². The fourth-order valence-corrected chi connectivity index (χ4v) is 4.85. The summed E-state index contributed by atoms with van der Waals surface area (Å²) in [6, 6.07) is 9.40. The van der Waals surface area contributed by atoms with Gasteiger partial charge in [0.1, 0.15) is 17.1 Å². The minimum atomic E-state index is -4.63. The molecule has 2 aromatic heterocycles. The number of nitrogens with one attached hydrogen (secondary N) is 2. The van der Waals surface area contributed by atoms with Crippen LogP contribution in [0.4, 0.5) is 18.9 Å². The Morgan fingerprint density at radius 2 is 1.86 bits per heavy atom. The van der Waals surface area contributed by atoms with Crippen molar-refractivity contribution in [3.05, 3.63) is 87.3 Å². The van der Waals surface area contributed by atoms with Crippen molar-refractivity contribution in [3.63, 3.8) is 0 Å². The second kappa shape index (κ2) is 12.8. The molecule has 5 rings (SSSR count). The van der Waals surface area contributed by atoms with Crippen molar-refractivity contribution in [1.29, 1.82) is 0 Å². The average Bonchev–Trinajstić information content (AvgIpc) is 3.37. The third-order valence-electron chi connectivity index (χ3n) is 6.90. The number of hydrogen-bond acceptors (Lipinski definition) is 5. The zero-order chi connectivity index (χ0) is 30.6. The van der Waals surface area contributed by atoms with Gasteiger partial charge in [-0.3, -0.25) is 9.59 Å². The van der Waals surface area contributed by atoms with Crippen LogP contribution < -0.4 is 15.4 Å². The lowest BCUT2D eigenvalue weighted by molar-refractivity contribution is -0.137. The number of halogens is 4. The average molecular weight is 610 g/mol. The zero-order valence-corrected chi connectivity index (χ0v) is 23.9. The number of fused-ring (bicyclic) bond motifs is 3. The van der Waals surface area contributed by atoms with E-state index in [4.69, 9.17) is 16.3 Å². The van der Waals surface area contributed by atoms with Crippen LogP contribution in [-0.2, 0) is 6.18 Å². The van der Waals surface area contributed by atoms with Crippen LogP contribution in [0.2, 0.25) is 5.02 Å². The fourth-order valence-electron chi connectivity index (χ4n) is 4.61. The van der Waals surface area contributed by atoms with Crippen LogP contribution in [0, 0.1) is 18.8 Å². The molecular weight excluding hydrogens is 583 g/mol. The number of ether oxygens (including phenoxy) is 1. The number of benzene rings is 2. The molecule has 3 heterocycles. The van der Waals surface area contributed by atoms with Gasteiger partial charge < -0.3 is 15.4 Å². The first-order chi connectivity index (χ1) is 20.6. The van der Waals surface area contributed by atoms with Gasteiger partial charge in [0.15, 0.2) is 5.65 Å². The van der Waals surface area contributed by atoms with Crippen molar-refractivity contribution in [2.75, 3.05) is 18.5 Å². The highest BCUT2D eigenvalue weighted by Gasteiger charge is 2.31.